The molecule has 0 saturated carbocycles. The van der Waals surface area contributed by atoms with Crippen molar-refractivity contribution in [1.29, 1.82) is 0 Å². The third-order valence-corrected chi connectivity index (χ3v) is 3.30. The van der Waals surface area contributed by atoms with Gasteiger partial charge in [-0.3, -0.25) is 4.79 Å². The standard InChI is InChI=1S/C20H17N3O2/c24-20(15-25-19-9-5-2-6-10-19)21-16-11-13-18(14-12-16)23-22-17-7-3-1-4-8-17/h1-14H,15H2,(H,21,24). The third-order valence-electron chi connectivity index (χ3n) is 3.30. The Kier molecular flexibility index (Phi) is 5.51. The van der Waals surface area contributed by atoms with Crippen LogP contribution in [0.1, 0.15) is 0 Å². The van der Waals surface area contributed by atoms with Crippen molar-refractivity contribution in [2.75, 3.05) is 11.9 Å². The second-order valence-corrected chi connectivity index (χ2v) is 5.23. The minimum absolute atomic E-state index is 0.0422. The van der Waals surface area contributed by atoms with Gasteiger partial charge in [-0.25, -0.2) is 0 Å². The van der Waals surface area contributed by atoms with Crippen LogP contribution in [0.5, 0.6) is 5.75 Å². The van der Waals surface area contributed by atoms with Crippen LogP contribution in [0, 0.1) is 0 Å². The van der Waals surface area contributed by atoms with Crippen molar-refractivity contribution in [3.8, 4) is 5.75 Å². The molecular weight excluding hydrogens is 314 g/mol. The number of hydrogen-bond acceptors (Lipinski definition) is 4. The second kappa shape index (κ2) is 8.40. The van der Waals surface area contributed by atoms with E-state index in [9.17, 15) is 4.79 Å². The Morgan fingerprint density at radius 2 is 1.32 bits per heavy atom. The molecule has 1 N–H and O–H groups in total. The smallest absolute Gasteiger partial charge is 0.262 e. The first kappa shape index (κ1) is 16.4. The van der Waals surface area contributed by atoms with Crippen molar-refractivity contribution >= 4 is 23.0 Å². The Balaban J connectivity index is 1.52. The van der Waals surface area contributed by atoms with Crippen molar-refractivity contribution in [2.45, 2.75) is 0 Å². The Hall–Kier alpha value is -3.47. The maximum atomic E-state index is 11.9. The summed E-state index contributed by atoms with van der Waals surface area (Å²) in [6.45, 7) is -0.0422. The molecule has 0 heterocycles. The summed E-state index contributed by atoms with van der Waals surface area (Å²) >= 11 is 0. The fourth-order valence-electron chi connectivity index (χ4n) is 2.08. The number of anilines is 1. The van der Waals surface area contributed by atoms with Gasteiger partial charge in [0, 0.05) is 5.69 Å². The largest absolute Gasteiger partial charge is 0.484 e. The molecule has 25 heavy (non-hydrogen) atoms. The fraction of sp³-hybridized carbons (Fsp3) is 0.0500. The number of hydrogen-bond donors (Lipinski definition) is 1. The highest BCUT2D eigenvalue weighted by atomic mass is 16.5. The zero-order chi connectivity index (χ0) is 17.3. The zero-order valence-corrected chi connectivity index (χ0v) is 13.5. The van der Waals surface area contributed by atoms with Crippen LogP contribution in [-0.2, 0) is 4.79 Å². The predicted octanol–water partition coefficient (Wildman–Crippen LogP) is 5.12. The molecule has 0 aromatic heterocycles. The molecule has 0 aliphatic heterocycles. The van der Waals surface area contributed by atoms with E-state index in [4.69, 9.17) is 4.74 Å². The Morgan fingerprint density at radius 1 is 0.760 bits per heavy atom. The summed E-state index contributed by atoms with van der Waals surface area (Å²) in [5, 5.41) is 11.1. The van der Waals surface area contributed by atoms with E-state index >= 15 is 0 Å². The van der Waals surface area contributed by atoms with Crippen LogP contribution in [0.2, 0.25) is 0 Å². The molecule has 0 spiro atoms. The van der Waals surface area contributed by atoms with E-state index in [1.54, 1.807) is 36.4 Å². The molecule has 5 heteroatoms. The van der Waals surface area contributed by atoms with E-state index in [-0.39, 0.29) is 12.5 Å². The molecule has 3 rings (SSSR count). The van der Waals surface area contributed by atoms with Gasteiger partial charge >= 0.3 is 0 Å². The van der Waals surface area contributed by atoms with Crippen LogP contribution in [0.25, 0.3) is 0 Å². The zero-order valence-electron chi connectivity index (χ0n) is 13.5. The quantitative estimate of drug-likeness (QED) is 0.637. The number of benzene rings is 3. The molecule has 0 aliphatic rings. The average molecular weight is 331 g/mol. The summed E-state index contributed by atoms with van der Waals surface area (Å²) in [5.74, 6) is 0.442. The first-order valence-electron chi connectivity index (χ1n) is 7.84. The molecule has 3 aromatic carbocycles. The number of nitrogens with one attached hydrogen (secondary N) is 1. The molecule has 0 fully saturated rings. The van der Waals surface area contributed by atoms with Gasteiger partial charge < -0.3 is 10.1 Å². The van der Waals surface area contributed by atoms with E-state index < -0.39 is 0 Å². The highest BCUT2D eigenvalue weighted by Crippen LogP contribution is 2.20. The summed E-state index contributed by atoms with van der Waals surface area (Å²) in [5.41, 5.74) is 2.18. The summed E-state index contributed by atoms with van der Waals surface area (Å²) in [6, 6.07) is 25.9. The number of azo groups is 1. The normalized spacial score (nSPS) is 10.6. The van der Waals surface area contributed by atoms with Gasteiger partial charge in [0.25, 0.3) is 5.91 Å². The van der Waals surface area contributed by atoms with Gasteiger partial charge in [0.15, 0.2) is 6.61 Å². The van der Waals surface area contributed by atoms with Gasteiger partial charge in [-0.15, -0.1) is 0 Å². The molecule has 5 nitrogen and oxygen atoms in total. The second-order valence-electron chi connectivity index (χ2n) is 5.23. The minimum atomic E-state index is -0.220. The van der Waals surface area contributed by atoms with Crippen LogP contribution >= 0.6 is 0 Å². The molecule has 124 valence electrons. The van der Waals surface area contributed by atoms with Crippen LogP contribution in [-0.4, -0.2) is 12.5 Å². The number of rotatable bonds is 6. The van der Waals surface area contributed by atoms with Crippen LogP contribution in [0.15, 0.2) is 95.2 Å². The summed E-state index contributed by atoms with van der Waals surface area (Å²) in [7, 11) is 0. The highest BCUT2D eigenvalue weighted by Gasteiger charge is 2.03. The van der Waals surface area contributed by atoms with Crippen LogP contribution < -0.4 is 10.1 Å². The molecule has 0 atom stereocenters. The molecule has 0 bridgehead atoms. The molecule has 0 unspecified atom stereocenters. The van der Waals surface area contributed by atoms with E-state index in [0.29, 0.717) is 17.1 Å². The number of carbonyl (C=O) groups excluding carboxylic acids is 1. The summed E-state index contributed by atoms with van der Waals surface area (Å²) < 4.78 is 5.41. The topological polar surface area (TPSA) is 63.0 Å². The molecule has 0 saturated heterocycles. The average Bonchev–Trinajstić information content (AvgIpc) is 2.67. The summed E-state index contributed by atoms with van der Waals surface area (Å²) in [4.78, 5) is 11.9. The van der Waals surface area contributed by atoms with E-state index in [1.165, 1.54) is 0 Å². The predicted molar refractivity (Wildman–Crippen MR) is 97.6 cm³/mol. The Morgan fingerprint density at radius 3 is 1.96 bits per heavy atom. The van der Waals surface area contributed by atoms with Crippen LogP contribution in [0.3, 0.4) is 0 Å². The number of ether oxygens (including phenoxy) is 1. The number of carbonyl (C=O) groups is 1. The first-order chi connectivity index (χ1) is 12.3. The van der Waals surface area contributed by atoms with Gasteiger partial charge in [-0.05, 0) is 48.5 Å². The maximum absolute atomic E-state index is 11.9. The van der Waals surface area contributed by atoms with Crippen molar-refractivity contribution in [3.63, 3.8) is 0 Å². The minimum Gasteiger partial charge on any atom is -0.484 e. The highest BCUT2D eigenvalue weighted by molar-refractivity contribution is 5.92. The Labute approximate surface area is 146 Å². The SMILES string of the molecule is O=C(COc1ccccc1)Nc1ccc(N=Nc2ccccc2)cc1. The van der Waals surface area contributed by atoms with Gasteiger partial charge in [0.2, 0.25) is 0 Å². The Bertz CT molecular complexity index is 832. The number of para-hydroxylation sites is 1. The van der Waals surface area contributed by atoms with E-state index in [1.807, 2.05) is 48.5 Å². The molecule has 0 aliphatic carbocycles. The lowest BCUT2D eigenvalue weighted by molar-refractivity contribution is -0.118. The van der Waals surface area contributed by atoms with E-state index in [0.717, 1.165) is 5.69 Å². The number of amides is 1. The van der Waals surface area contributed by atoms with Crippen molar-refractivity contribution < 1.29 is 9.53 Å². The van der Waals surface area contributed by atoms with Gasteiger partial charge in [0.05, 0.1) is 11.4 Å². The maximum Gasteiger partial charge on any atom is 0.262 e. The van der Waals surface area contributed by atoms with Gasteiger partial charge in [-0.1, -0.05) is 36.4 Å². The third kappa shape index (κ3) is 5.28. The van der Waals surface area contributed by atoms with Crippen LogP contribution in [0.4, 0.5) is 17.1 Å². The molecule has 1 amide bonds. The fourth-order valence-corrected chi connectivity index (χ4v) is 2.08. The summed E-state index contributed by atoms with van der Waals surface area (Å²) in [6.07, 6.45) is 0. The van der Waals surface area contributed by atoms with E-state index in [2.05, 4.69) is 15.5 Å². The lowest BCUT2D eigenvalue weighted by Crippen LogP contribution is -2.19. The van der Waals surface area contributed by atoms with Crippen molar-refractivity contribution in [3.05, 3.63) is 84.9 Å². The van der Waals surface area contributed by atoms with Crippen molar-refractivity contribution in [2.24, 2.45) is 10.2 Å². The lowest BCUT2D eigenvalue weighted by Gasteiger charge is -2.07. The van der Waals surface area contributed by atoms with Gasteiger partial charge in [-0.2, -0.15) is 10.2 Å². The molecule has 0 radical (unpaired) electrons. The monoisotopic (exact) mass is 331 g/mol. The molecule has 3 aromatic rings. The van der Waals surface area contributed by atoms with Crippen molar-refractivity contribution in [1.82, 2.24) is 0 Å². The molecular formula is C20H17N3O2. The van der Waals surface area contributed by atoms with Gasteiger partial charge in [0.1, 0.15) is 5.75 Å². The first-order valence-corrected chi connectivity index (χ1v) is 7.84. The number of nitrogens with zero attached hydrogens (tertiary/aromatic N) is 2. The lowest BCUT2D eigenvalue weighted by atomic mass is 10.3.